The van der Waals surface area contributed by atoms with Crippen LogP contribution in [0.4, 0.5) is 0 Å². The molecule has 0 aliphatic rings. The minimum Gasteiger partial charge on any atom is -0.413 e. The van der Waals surface area contributed by atoms with Crippen LogP contribution in [0.2, 0.25) is 26.2 Å². The fourth-order valence-corrected chi connectivity index (χ4v) is 10.8. The predicted octanol–water partition coefficient (Wildman–Crippen LogP) is -1.79. The van der Waals surface area contributed by atoms with E-state index < -0.39 is 35.7 Å². The molecule has 0 aromatic heterocycles. The van der Waals surface area contributed by atoms with Gasteiger partial charge in [-0.1, -0.05) is 0 Å². The molecule has 0 aromatic rings. The van der Waals surface area contributed by atoms with Crippen LogP contribution >= 0.6 is 0 Å². The van der Waals surface area contributed by atoms with Crippen LogP contribution in [-0.4, -0.2) is 62.0 Å². The fourth-order valence-electron chi connectivity index (χ4n) is 1.11. The van der Waals surface area contributed by atoms with Crippen molar-refractivity contribution in [3.8, 4) is 0 Å². The summed E-state index contributed by atoms with van der Waals surface area (Å²) in [5.41, 5.74) is 0. The van der Waals surface area contributed by atoms with Gasteiger partial charge in [0, 0.05) is 26.8 Å². The lowest BCUT2D eigenvalue weighted by Crippen LogP contribution is -2.59. The van der Waals surface area contributed by atoms with Gasteiger partial charge in [-0.05, 0) is 6.55 Å². The molecule has 0 aliphatic heterocycles. The van der Waals surface area contributed by atoms with E-state index in [0.717, 1.165) is 0 Å². The van der Waals surface area contributed by atoms with Crippen molar-refractivity contribution in [3.05, 3.63) is 0 Å². The number of rotatable bonds is 7. The van der Waals surface area contributed by atoms with Crippen LogP contribution in [0.25, 0.3) is 0 Å². The molecule has 0 saturated heterocycles. The van der Waals surface area contributed by atoms with Crippen molar-refractivity contribution in [2.75, 3.05) is 7.11 Å². The smallest absolute Gasteiger partial charge is 0.413 e. The van der Waals surface area contributed by atoms with Crippen LogP contribution in [0, 0.1) is 0 Å². The summed E-state index contributed by atoms with van der Waals surface area (Å²) in [7, 11) is -12.1. The van der Waals surface area contributed by atoms with Crippen LogP contribution in [0.15, 0.2) is 0 Å². The van der Waals surface area contributed by atoms with Gasteiger partial charge in [-0.15, -0.1) is 0 Å². The summed E-state index contributed by atoms with van der Waals surface area (Å²) >= 11 is 0. The second-order valence-electron chi connectivity index (χ2n) is 3.82. The van der Waals surface area contributed by atoms with Gasteiger partial charge in [-0.25, -0.2) is 0 Å². The van der Waals surface area contributed by atoms with Gasteiger partial charge in [0.2, 0.25) is 0 Å². The predicted molar refractivity (Wildman–Crippen MR) is 67.0 cm³/mol. The SMILES string of the molecule is CO[Si](C)(O)O[Si](C)(O)O[Si](C)(O)O[SiH](C)O. The molecule has 4 atom stereocenters. The van der Waals surface area contributed by atoms with Crippen molar-refractivity contribution in [1.29, 1.82) is 0 Å². The van der Waals surface area contributed by atoms with Crippen molar-refractivity contribution in [3.63, 3.8) is 0 Å². The topological polar surface area (TPSA) is 118 Å². The molecular formula is C5H20O8Si4. The average Bonchev–Trinajstić information content (AvgIpc) is 1.96. The molecule has 0 bridgehead atoms. The number of hydrogen-bond donors (Lipinski definition) is 4. The first-order valence-corrected chi connectivity index (χ1v) is 13.8. The lowest BCUT2D eigenvalue weighted by molar-refractivity contribution is 0.123. The van der Waals surface area contributed by atoms with E-state index in [0.29, 0.717) is 0 Å². The molecule has 104 valence electrons. The Morgan fingerprint density at radius 1 is 0.882 bits per heavy atom. The van der Waals surface area contributed by atoms with Gasteiger partial charge in [-0.2, -0.15) is 0 Å². The van der Waals surface area contributed by atoms with Gasteiger partial charge in [0.15, 0.2) is 0 Å². The normalized spacial score (nSPS) is 24.5. The summed E-state index contributed by atoms with van der Waals surface area (Å²) in [5, 5.41) is 0. The zero-order valence-electron chi connectivity index (χ0n) is 10.5. The van der Waals surface area contributed by atoms with Crippen LogP contribution in [0.5, 0.6) is 0 Å². The first kappa shape index (κ1) is 17.5. The summed E-state index contributed by atoms with van der Waals surface area (Å²) in [6.07, 6.45) is 0. The van der Waals surface area contributed by atoms with Gasteiger partial charge in [-0.3, -0.25) is 0 Å². The monoisotopic (exact) mass is 320 g/mol. The molecule has 12 heteroatoms. The maximum atomic E-state index is 9.85. The van der Waals surface area contributed by atoms with Gasteiger partial charge in [0.05, 0.1) is 0 Å². The third-order valence-corrected chi connectivity index (χ3v) is 11.5. The van der Waals surface area contributed by atoms with Crippen molar-refractivity contribution in [2.45, 2.75) is 26.2 Å². The van der Waals surface area contributed by atoms with Gasteiger partial charge >= 0.3 is 35.7 Å². The Morgan fingerprint density at radius 2 is 1.29 bits per heavy atom. The third kappa shape index (κ3) is 8.29. The highest BCUT2D eigenvalue weighted by Gasteiger charge is 2.49. The van der Waals surface area contributed by atoms with Gasteiger partial charge in [0.25, 0.3) is 0 Å². The van der Waals surface area contributed by atoms with E-state index in [1.807, 2.05) is 0 Å². The van der Waals surface area contributed by atoms with E-state index in [1.165, 1.54) is 33.3 Å². The first-order chi connectivity index (χ1) is 7.39. The van der Waals surface area contributed by atoms with Crippen LogP contribution in [0.3, 0.4) is 0 Å². The van der Waals surface area contributed by atoms with E-state index in [1.54, 1.807) is 0 Å². The zero-order chi connectivity index (χ0) is 13.9. The summed E-state index contributed by atoms with van der Waals surface area (Å²) in [4.78, 5) is 38.3. The van der Waals surface area contributed by atoms with Crippen LogP contribution in [-0.2, 0) is 16.8 Å². The van der Waals surface area contributed by atoms with Crippen molar-refractivity contribution < 1.29 is 36.0 Å². The van der Waals surface area contributed by atoms with E-state index in [2.05, 4.69) is 4.43 Å². The Kier molecular flexibility index (Phi) is 6.33. The maximum absolute atomic E-state index is 9.85. The molecule has 8 nitrogen and oxygen atoms in total. The van der Waals surface area contributed by atoms with Gasteiger partial charge < -0.3 is 36.0 Å². The van der Waals surface area contributed by atoms with Gasteiger partial charge in [0.1, 0.15) is 0 Å². The second-order valence-corrected chi connectivity index (χ2v) is 13.4. The summed E-state index contributed by atoms with van der Waals surface area (Å²) in [6.45, 7) is 5.21. The van der Waals surface area contributed by atoms with Crippen LogP contribution in [0.1, 0.15) is 0 Å². The maximum Gasteiger partial charge on any atom is 0.487 e. The Hall–Kier alpha value is 0.548. The summed E-state index contributed by atoms with van der Waals surface area (Å²) in [5.74, 6) is 0. The molecule has 0 aromatic carbocycles. The standard InChI is InChI=1S/C5H20O8Si4/c1-10-15(3,7)12-17(5,9)13-16(4,8)11-14(2)6/h6-9,14H,1-5H3. The molecule has 0 aliphatic carbocycles. The minimum atomic E-state index is -3.78. The Labute approximate surface area is 105 Å². The Bertz CT molecular complexity index is 244. The Balaban J connectivity index is 4.53. The highest BCUT2D eigenvalue weighted by atomic mass is 28.5. The Morgan fingerprint density at radius 3 is 1.65 bits per heavy atom. The highest BCUT2D eigenvalue weighted by Crippen LogP contribution is 2.16. The molecule has 4 N–H and O–H groups in total. The fraction of sp³-hybridized carbons (Fsp3) is 1.00. The minimum absolute atomic E-state index is 1.22. The molecule has 0 amide bonds. The molecule has 0 saturated carbocycles. The molecular weight excluding hydrogens is 300 g/mol. The zero-order valence-corrected chi connectivity index (χ0v) is 14.7. The van der Waals surface area contributed by atoms with Crippen LogP contribution < -0.4 is 0 Å². The molecule has 0 rings (SSSR count). The van der Waals surface area contributed by atoms with E-state index in [-0.39, 0.29) is 0 Å². The third-order valence-electron chi connectivity index (χ3n) is 1.53. The van der Waals surface area contributed by atoms with E-state index in [9.17, 15) is 14.4 Å². The number of hydrogen-bond acceptors (Lipinski definition) is 8. The van der Waals surface area contributed by atoms with Crippen molar-refractivity contribution in [2.24, 2.45) is 0 Å². The van der Waals surface area contributed by atoms with Crippen molar-refractivity contribution in [1.82, 2.24) is 0 Å². The molecule has 0 spiro atoms. The van der Waals surface area contributed by atoms with E-state index in [4.69, 9.17) is 17.1 Å². The molecule has 0 fully saturated rings. The average molecular weight is 321 g/mol. The summed E-state index contributed by atoms with van der Waals surface area (Å²) in [6, 6.07) is 0. The summed E-state index contributed by atoms with van der Waals surface area (Å²) < 4.78 is 19.5. The first-order valence-electron chi connectivity index (χ1n) is 4.88. The lowest BCUT2D eigenvalue weighted by Gasteiger charge is -2.32. The second kappa shape index (κ2) is 6.13. The molecule has 0 radical (unpaired) electrons. The quantitative estimate of drug-likeness (QED) is 0.406. The lowest BCUT2D eigenvalue weighted by atomic mass is 11.8. The molecule has 17 heavy (non-hydrogen) atoms. The molecule has 4 unspecified atom stereocenters. The highest BCUT2D eigenvalue weighted by molar-refractivity contribution is 6.79. The van der Waals surface area contributed by atoms with Crippen molar-refractivity contribution >= 4 is 35.7 Å². The molecule has 0 heterocycles. The van der Waals surface area contributed by atoms with E-state index >= 15 is 0 Å². The largest absolute Gasteiger partial charge is 0.487 e.